The fourth-order valence-electron chi connectivity index (χ4n) is 1.44. The van der Waals surface area contributed by atoms with Gasteiger partial charge in [0.1, 0.15) is 6.61 Å². The first-order valence-corrected chi connectivity index (χ1v) is 6.06. The molecule has 1 radical (unpaired) electrons. The highest BCUT2D eigenvalue weighted by molar-refractivity contribution is 6.71. The van der Waals surface area contributed by atoms with E-state index in [1.54, 1.807) is 19.4 Å². The average molecular weight is 232 g/mol. The van der Waals surface area contributed by atoms with Crippen LogP contribution in [0.1, 0.15) is 31.7 Å². The first-order valence-electron chi connectivity index (χ1n) is 6.06. The molecule has 0 unspecified atom stereocenters. The quantitative estimate of drug-likeness (QED) is 0.446. The molecule has 0 saturated heterocycles. The zero-order valence-electron chi connectivity index (χ0n) is 10.3. The molecule has 91 valence electrons. The summed E-state index contributed by atoms with van der Waals surface area (Å²) < 4.78 is 5.11. The first kappa shape index (κ1) is 13.6. The van der Waals surface area contributed by atoms with Crippen molar-refractivity contribution < 1.29 is 9.53 Å². The number of benzene rings is 1. The Balaban J connectivity index is 2.17. The fourth-order valence-corrected chi connectivity index (χ4v) is 1.44. The summed E-state index contributed by atoms with van der Waals surface area (Å²) >= 11 is 0. The standard InChI is InChI=1S/C13H19BNO2/c1-2-3-4-9-14-13(16)17-10-11-5-7-12(15)8-6-11/h5-8H,2-4,9-10,15H2,1H3. The molecule has 0 aromatic heterocycles. The van der Waals surface area contributed by atoms with E-state index in [4.69, 9.17) is 10.5 Å². The molecule has 0 bridgehead atoms. The Bertz CT molecular complexity index is 338. The van der Waals surface area contributed by atoms with Gasteiger partial charge in [-0.25, -0.2) is 0 Å². The zero-order chi connectivity index (χ0) is 12.5. The van der Waals surface area contributed by atoms with E-state index in [-0.39, 0.29) is 5.87 Å². The molecule has 0 atom stereocenters. The second-order valence-electron chi connectivity index (χ2n) is 4.05. The molecule has 3 nitrogen and oxygen atoms in total. The lowest BCUT2D eigenvalue weighted by Crippen LogP contribution is -2.10. The number of anilines is 1. The van der Waals surface area contributed by atoms with Gasteiger partial charge in [-0.3, -0.25) is 4.79 Å². The van der Waals surface area contributed by atoms with E-state index in [1.165, 1.54) is 0 Å². The minimum atomic E-state index is -0.238. The molecule has 1 aromatic rings. The molecule has 0 aliphatic carbocycles. The second-order valence-corrected chi connectivity index (χ2v) is 4.05. The number of hydrogen-bond acceptors (Lipinski definition) is 3. The number of carbonyl (C=O) groups excluding carboxylic acids is 1. The summed E-state index contributed by atoms with van der Waals surface area (Å²) in [5, 5.41) is 0. The van der Waals surface area contributed by atoms with Crippen LogP contribution in [0.15, 0.2) is 24.3 Å². The van der Waals surface area contributed by atoms with Crippen molar-refractivity contribution in [2.45, 2.75) is 39.1 Å². The molecule has 0 spiro atoms. The van der Waals surface area contributed by atoms with Gasteiger partial charge in [0.2, 0.25) is 5.87 Å². The molecule has 17 heavy (non-hydrogen) atoms. The molecule has 1 aromatic carbocycles. The van der Waals surface area contributed by atoms with Crippen LogP contribution in [0.25, 0.3) is 0 Å². The van der Waals surface area contributed by atoms with Crippen LogP contribution in [0.3, 0.4) is 0 Å². The molecule has 0 aliphatic rings. The summed E-state index contributed by atoms with van der Waals surface area (Å²) in [5.74, 6) is -0.238. The van der Waals surface area contributed by atoms with Crippen LogP contribution in [0.5, 0.6) is 0 Å². The van der Waals surface area contributed by atoms with Crippen LogP contribution in [0.4, 0.5) is 10.5 Å². The Hall–Kier alpha value is -1.45. The van der Waals surface area contributed by atoms with Crippen LogP contribution in [0.2, 0.25) is 6.32 Å². The van der Waals surface area contributed by atoms with Crippen molar-refractivity contribution in [3.8, 4) is 0 Å². The minimum absolute atomic E-state index is 0.238. The van der Waals surface area contributed by atoms with Crippen LogP contribution < -0.4 is 5.73 Å². The van der Waals surface area contributed by atoms with Crippen LogP contribution >= 0.6 is 0 Å². The third kappa shape index (κ3) is 6.00. The van der Waals surface area contributed by atoms with Gasteiger partial charge in [-0.2, -0.15) is 0 Å². The Labute approximate surface area is 104 Å². The molecule has 0 heterocycles. The molecule has 1 rings (SSSR count). The highest BCUT2D eigenvalue weighted by Gasteiger charge is 2.05. The minimum Gasteiger partial charge on any atom is -0.469 e. The van der Waals surface area contributed by atoms with Gasteiger partial charge in [0, 0.05) is 5.69 Å². The summed E-state index contributed by atoms with van der Waals surface area (Å²) in [6.07, 6.45) is 4.16. The van der Waals surface area contributed by atoms with Crippen LogP contribution in [-0.2, 0) is 11.3 Å². The predicted molar refractivity (Wildman–Crippen MR) is 71.1 cm³/mol. The van der Waals surface area contributed by atoms with E-state index in [1.807, 2.05) is 12.1 Å². The van der Waals surface area contributed by atoms with E-state index in [2.05, 4.69) is 6.92 Å². The second kappa shape index (κ2) is 7.77. The Morgan fingerprint density at radius 2 is 2.00 bits per heavy atom. The average Bonchev–Trinajstić information content (AvgIpc) is 2.34. The summed E-state index contributed by atoms with van der Waals surface area (Å²) in [7, 11) is 1.62. The highest BCUT2D eigenvalue weighted by atomic mass is 16.5. The molecule has 0 aliphatic heterocycles. The lowest BCUT2D eigenvalue weighted by molar-refractivity contribution is 0.166. The largest absolute Gasteiger partial charge is 0.469 e. The molecule has 2 N–H and O–H groups in total. The number of nitrogens with two attached hydrogens (primary N) is 1. The van der Waals surface area contributed by atoms with E-state index >= 15 is 0 Å². The first-order chi connectivity index (χ1) is 8.22. The molecule has 0 saturated carbocycles. The van der Waals surface area contributed by atoms with E-state index in [0.717, 1.165) is 31.1 Å². The van der Waals surface area contributed by atoms with Gasteiger partial charge in [0.05, 0.1) is 0 Å². The maximum atomic E-state index is 11.3. The SMILES string of the molecule is CCCCC[B]C(=O)OCc1ccc(N)cc1. The van der Waals surface area contributed by atoms with Gasteiger partial charge in [-0.1, -0.05) is 44.6 Å². The lowest BCUT2D eigenvalue weighted by atomic mass is 9.73. The van der Waals surface area contributed by atoms with Gasteiger partial charge in [0.25, 0.3) is 7.28 Å². The van der Waals surface area contributed by atoms with Crippen LogP contribution in [-0.4, -0.2) is 13.1 Å². The van der Waals surface area contributed by atoms with Crippen molar-refractivity contribution in [3.63, 3.8) is 0 Å². The summed E-state index contributed by atoms with van der Waals surface area (Å²) in [6.45, 7) is 2.45. The number of hydrogen-bond donors (Lipinski definition) is 1. The summed E-state index contributed by atoms with van der Waals surface area (Å²) in [6, 6.07) is 7.32. The Morgan fingerprint density at radius 1 is 1.29 bits per heavy atom. The molecule has 0 amide bonds. The van der Waals surface area contributed by atoms with Crippen molar-refractivity contribution in [2.75, 3.05) is 5.73 Å². The van der Waals surface area contributed by atoms with E-state index in [0.29, 0.717) is 12.3 Å². The smallest absolute Gasteiger partial charge is 0.261 e. The van der Waals surface area contributed by atoms with Crippen molar-refractivity contribution in [3.05, 3.63) is 29.8 Å². The van der Waals surface area contributed by atoms with Gasteiger partial charge in [-0.05, 0) is 17.7 Å². The van der Waals surface area contributed by atoms with Crippen molar-refractivity contribution in [1.82, 2.24) is 0 Å². The third-order valence-corrected chi connectivity index (χ3v) is 2.48. The topological polar surface area (TPSA) is 52.3 Å². The molecule has 4 heteroatoms. The maximum absolute atomic E-state index is 11.3. The van der Waals surface area contributed by atoms with Gasteiger partial charge < -0.3 is 10.5 Å². The molecular weight excluding hydrogens is 213 g/mol. The number of unbranched alkanes of at least 4 members (excludes halogenated alkanes) is 2. The number of carbonyl (C=O) groups is 1. The van der Waals surface area contributed by atoms with Gasteiger partial charge in [-0.15, -0.1) is 0 Å². The number of rotatable bonds is 7. The maximum Gasteiger partial charge on any atom is 0.261 e. The highest BCUT2D eigenvalue weighted by Crippen LogP contribution is 2.07. The number of ether oxygens (including phenoxy) is 1. The summed E-state index contributed by atoms with van der Waals surface area (Å²) in [5.41, 5.74) is 7.23. The Morgan fingerprint density at radius 3 is 2.65 bits per heavy atom. The molecular formula is C13H19BNO2. The van der Waals surface area contributed by atoms with Gasteiger partial charge in [0.15, 0.2) is 0 Å². The fraction of sp³-hybridized carbons (Fsp3) is 0.462. The van der Waals surface area contributed by atoms with Crippen molar-refractivity contribution in [1.29, 1.82) is 0 Å². The van der Waals surface area contributed by atoms with Gasteiger partial charge >= 0.3 is 0 Å². The Kier molecular flexibility index (Phi) is 6.22. The molecule has 0 fully saturated rings. The zero-order valence-corrected chi connectivity index (χ0v) is 10.3. The monoisotopic (exact) mass is 232 g/mol. The third-order valence-electron chi connectivity index (χ3n) is 2.48. The van der Waals surface area contributed by atoms with Crippen molar-refractivity contribution in [2.24, 2.45) is 0 Å². The van der Waals surface area contributed by atoms with Crippen LogP contribution in [0, 0.1) is 0 Å². The van der Waals surface area contributed by atoms with E-state index < -0.39 is 0 Å². The van der Waals surface area contributed by atoms with Crippen molar-refractivity contribution >= 4 is 18.8 Å². The lowest BCUT2D eigenvalue weighted by Gasteiger charge is -2.04. The predicted octanol–water partition coefficient (Wildman–Crippen LogP) is 3.22. The number of nitrogen functional groups attached to an aromatic ring is 1. The normalized spacial score (nSPS) is 9.94. The summed E-state index contributed by atoms with van der Waals surface area (Å²) in [4.78, 5) is 11.3. The van der Waals surface area contributed by atoms with E-state index in [9.17, 15) is 4.79 Å².